The molecule has 0 radical (unpaired) electrons. The Morgan fingerprint density at radius 1 is 1.19 bits per heavy atom. The maximum atomic E-state index is 11.6. The molecule has 1 amide bonds. The first-order valence-electron chi connectivity index (χ1n) is 7.14. The van der Waals surface area contributed by atoms with Crippen LogP contribution in [0, 0.1) is 0 Å². The molecule has 1 aliphatic rings. The molecule has 2 heterocycles. The van der Waals surface area contributed by atoms with E-state index >= 15 is 0 Å². The molecule has 0 unspecified atom stereocenters. The van der Waals surface area contributed by atoms with E-state index in [9.17, 15) is 4.79 Å². The molecule has 0 aliphatic carbocycles. The van der Waals surface area contributed by atoms with E-state index in [4.69, 9.17) is 0 Å². The van der Waals surface area contributed by atoms with Crippen molar-refractivity contribution >= 4 is 5.91 Å². The standard InChI is InChI=1S/C16H18N4O/c1-2-16(21)19-10-11-20-14(17-18-15(20)12-19)9-8-13-6-4-3-5-7-13/h2-7H,1,8-12H2. The van der Waals surface area contributed by atoms with Crippen LogP contribution in [0.4, 0.5) is 0 Å². The van der Waals surface area contributed by atoms with Gasteiger partial charge in [-0.15, -0.1) is 10.2 Å². The number of amides is 1. The van der Waals surface area contributed by atoms with E-state index in [1.165, 1.54) is 11.6 Å². The molecular weight excluding hydrogens is 264 g/mol. The summed E-state index contributed by atoms with van der Waals surface area (Å²) in [6.45, 7) is 5.49. The molecular formula is C16H18N4O. The van der Waals surface area contributed by atoms with Crippen LogP contribution >= 0.6 is 0 Å². The Kier molecular flexibility index (Phi) is 3.81. The third-order valence-electron chi connectivity index (χ3n) is 3.80. The van der Waals surface area contributed by atoms with Crippen molar-refractivity contribution in [3.63, 3.8) is 0 Å². The Morgan fingerprint density at radius 3 is 2.76 bits per heavy atom. The van der Waals surface area contributed by atoms with Crippen molar-refractivity contribution in [2.45, 2.75) is 25.9 Å². The summed E-state index contributed by atoms with van der Waals surface area (Å²) in [5.74, 6) is 1.81. The minimum atomic E-state index is -0.0462. The van der Waals surface area contributed by atoms with E-state index in [-0.39, 0.29) is 5.91 Å². The number of hydrogen-bond acceptors (Lipinski definition) is 3. The second-order valence-electron chi connectivity index (χ2n) is 5.13. The quantitative estimate of drug-likeness (QED) is 0.800. The van der Waals surface area contributed by atoms with Gasteiger partial charge in [0.2, 0.25) is 5.91 Å². The van der Waals surface area contributed by atoms with Crippen molar-refractivity contribution < 1.29 is 4.79 Å². The average Bonchev–Trinajstić information content (AvgIpc) is 2.95. The first-order chi connectivity index (χ1) is 10.3. The lowest BCUT2D eigenvalue weighted by Crippen LogP contribution is -2.37. The van der Waals surface area contributed by atoms with Crippen LogP contribution in [0.25, 0.3) is 0 Å². The highest BCUT2D eigenvalue weighted by atomic mass is 16.2. The van der Waals surface area contributed by atoms with Gasteiger partial charge in [0.25, 0.3) is 0 Å². The van der Waals surface area contributed by atoms with Gasteiger partial charge >= 0.3 is 0 Å². The predicted octanol–water partition coefficient (Wildman–Crippen LogP) is 1.59. The third kappa shape index (κ3) is 2.86. The van der Waals surface area contributed by atoms with Crippen LogP contribution in [0.2, 0.25) is 0 Å². The van der Waals surface area contributed by atoms with Crippen LogP contribution in [0.1, 0.15) is 17.2 Å². The number of carbonyl (C=O) groups is 1. The molecule has 0 bridgehead atoms. The first kappa shape index (κ1) is 13.5. The summed E-state index contributed by atoms with van der Waals surface area (Å²) in [5.41, 5.74) is 1.30. The van der Waals surface area contributed by atoms with Crippen molar-refractivity contribution in [1.29, 1.82) is 0 Å². The minimum Gasteiger partial charge on any atom is -0.330 e. The smallest absolute Gasteiger partial charge is 0.246 e. The number of fused-ring (bicyclic) bond motifs is 1. The fourth-order valence-electron chi connectivity index (χ4n) is 2.62. The summed E-state index contributed by atoms with van der Waals surface area (Å²) < 4.78 is 2.13. The molecule has 2 aromatic rings. The van der Waals surface area contributed by atoms with E-state index in [0.29, 0.717) is 13.1 Å². The molecule has 5 nitrogen and oxygen atoms in total. The lowest BCUT2D eigenvalue weighted by molar-refractivity contribution is -0.127. The molecule has 1 aliphatic heterocycles. The summed E-state index contributed by atoms with van der Waals surface area (Å²) >= 11 is 0. The minimum absolute atomic E-state index is 0.0462. The summed E-state index contributed by atoms with van der Waals surface area (Å²) in [6, 6.07) is 10.4. The highest BCUT2D eigenvalue weighted by molar-refractivity contribution is 5.86. The third-order valence-corrected chi connectivity index (χ3v) is 3.80. The normalized spacial score (nSPS) is 13.8. The van der Waals surface area contributed by atoms with Crippen LogP contribution in [0.5, 0.6) is 0 Å². The second kappa shape index (κ2) is 5.91. The number of benzene rings is 1. The number of hydrogen-bond donors (Lipinski definition) is 0. The van der Waals surface area contributed by atoms with Crippen molar-refractivity contribution in [3.8, 4) is 0 Å². The van der Waals surface area contributed by atoms with E-state index in [1.807, 2.05) is 18.2 Å². The number of aromatic nitrogens is 3. The van der Waals surface area contributed by atoms with Crippen LogP contribution < -0.4 is 0 Å². The highest BCUT2D eigenvalue weighted by Gasteiger charge is 2.22. The summed E-state index contributed by atoms with van der Waals surface area (Å²) in [5, 5.41) is 8.50. The van der Waals surface area contributed by atoms with Crippen LogP contribution in [0.3, 0.4) is 0 Å². The number of carbonyl (C=O) groups excluding carboxylic acids is 1. The van der Waals surface area contributed by atoms with Crippen LogP contribution in [0.15, 0.2) is 43.0 Å². The number of aryl methyl sites for hydroxylation is 2. The topological polar surface area (TPSA) is 51.0 Å². The fourth-order valence-corrected chi connectivity index (χ4v) is 2.62. The van der Waals surface area contributed by atoms with Crippen LogP contribution in [-0.4, -0.2) is 32.1 Å². The van der Waals surface area contributed by atoms with E-state index in [1.54, 1.807) is 4.90 Å². The van der Waals surface area contributed by atoms with Crippen molar-refractivity contribution in [3.05, 3.63) is 60.2 Å². The van der Waals surface area contributed by atoms with Gasteiger partial charge in [0, 0.05) is 19.5 Å². The monoisotopic (exact) mass is 282 g/mol. The Labute approximate surface area is 123 Å². The van der Waals surface area contributed by atoms with E-state index < -0.39 is 0 Å². The maximum Gasteiger partial charge on any atom is 0.246 e. The molecule has 1 aromatic heterocycles. The highest BCUT2D eigenvalue weighted by Crippen LogP contribution is 2.14. The maximum absolute atomic E-state index is 11.6. The molecule has 0 saturated carbocycles. The van der Waals surface area contributed by atoms with Crippen molar-refractivity contribution in [1.82, 2.24) is 19.7 Å². The van der Waals surface area contributed by atoms with Gasteiger partial charge < -0.3 is 9.47 Å². The Bertz CT molecular complexity index is 648. The molecule has 0 N–H and O–H groups in total. The fraction of sp³-hybridized carbons (Fsp3) is 0.312. The Hall–Kier alpha value is -2.43. The van der Waals surface area contributed by atoms with Gasteiger partial charge in [-0.3, -0.25) is 4.79 Å². The number of rotatable bonds is 4. The zero-order valence-electron chi connectivity index (χ0n) is 11.9. The summed E-state index contributed by atoms with van der Waals surface area (Å²) in [7, 11) is 0. The second-order valence-corrected chi connectivity index (χ2v) is 5.13. The Morgan fingerprint density at radius 2 is 2.00 bits per heavy atom. The van der Waals surface area contributed by atoms with E-state index in [0.717, 1.165) is 31.0 Å². The molecule has 108 valence electrons. The van der Waals surface area contributed by atoms with Gasteiger partial charge in [0.05, 0.1) is 6.54 Å². The zero-order chi connectivity index (χ0) is 14.7. The molecule has 21 heavy (non-hydrogen) atoms. The summed E-state index contributed by atoms with van der Waals surface area (Å²) in [4.78, 5) is 13.4. The molecule has 0 fully saturated rings. The zero-order valence-corrected chi connectivity index (χ0v) is 11.9. The lowest BCUT2D eigenvalue weighted by Gasteiger charge is -2.26. The van der Waals surface area contributed by atoms with Gasteiger partial charge in [-0.2, -0.15) is 0 Å². The predicted molar refractivity (Wildman–Crippen MR) is 79.5 cm³/mol. The SMILES string of the molecule is C=CC(=O)N1CCn2c(CCc3ccccc3)nnc2C1. The van der Waals surface area contributed by atoms with Crippen molar-refractivity contribution in [2.75, 3.05) is 6.54 Å². The van der Waals surface area contributed by atoms with Gasteiger partial charge in [-0.1, -0.05) is 36.9 Å². The molecule has 0 saturated heterocycles. The number of nitrogens with zero attached hydrogens (tertiary/aromatic N) is 4. The summed E-state index contributed by atoms with van der Waals surface area (Å²) in [6.07, 6.45) is 3.17. The van der Waals surface area contributed by atoms with Gasteiger partial charge in [-0.05, 0) is 18.1 Å². The lowest BCUT2D eigenvalue weighted by atomic mass is 10.1. The first-order valence-corrected chi connectivity index (χ1v) is 7.14. The molecule has 5 heteroatoms. The van der Waals surface area contributed by atoms with E-state index in [2.05, 4.69) is 33.5 Å². The van der Waals surface area contributed by atoms with Gasteiger partial charge in [-0.25, -0.2) is 0 Å². The van der Waals surface area contributed by atoms with Gasteiger partial charge in [0.15, 0.2) is 5.82 Å². The van der Waals surface area contributed by atoms with Crippen LogP contribution in [-0.2, 0) is 30.7 Å². The average molecular weight is 282 g/mol. The molecule has 0 spiro atoms. The van der Waals surface area contributed by atoms with Crippen molar-refractivity contribution in [2.24, 2.45) is 0 Å². The molecule has 0 atom stereocenters. The Balaban J connectivity index is 1.69. The van der Waals surface area contributed by atoms with Gasteiger partial charge in [0.1, 0.15) is 5.82 Å². The largest absolute Gasteiger partial charge is 0.330 e. The molecule has 1 aromatic carbocycles. The molecule has 3 rings (SSSR count).